The van der Waals surface area contributed by atoms with Crippen molar-refractivity contribution in [1.29, 1.82) is 0 Å². The summed E-state index contributed by atoms with van der Waals surface area (Å²) >= 11 is 6.22. The number of amides is 1. The van der Waals surface area contributed by atoms with E-state index in [1.165, 1.54) is 31.2 Å². The Morgan fingerprint density at radius 1 is 1.18 bits per heavy atom. The Morgan fingerprint density at radius 3 is 2.55 bits per heavy atom. The van der Waals surface area contributed by atoms with Crippen molar-refractivity contribution in [1.82, 2.24) is 14.5 Å². The van der Waals surface area contributed by atoms with Crippen molar-refractivity contribution in [2.24, 2.45) is 5.92 Å². The number of halogens is 4. The minimum Gasteiger partial charge on any atom is -0.274 e. The van der Waals surface area contributed by atoms with Gasteiger partial charge >= 0.3 is 15.5 Å². The van der Waals surface area contributed by atoms with Crippen LogP contribution in [0.3, 0.4) is 0 Å². The average molecular weight is 506 g/mol. The van der Waals surface area contributed by atoms with E-state index in [1.807, 2.05) is 25.1 Å². The lowest BCUT2D eigenvalue weighted by Crippen LogP contribution is -2.40. The first kappa shape index (κ1) is 25.6. The van der Waals surface area contributed by atoms with Crippen LogP contribution >= 0.6 is 11.6 Å². The Balaban J connectivity index is 1.63. The molecule has 1 amide bonds. The fourth-order valence-electron chi connectivity index (χ4n) is 4.17. The molecule has 0 atom stereocenters. The van der Waals surface area contributed by atoms with Crippen LogP contribution in [-0.2, 0) is 34.2 Å². The average Bonchev–Trinajstić information content (AvgIpc) is 3.34. The van der Waals surface area contributed by atoms with Crippen LogP contribution in [-0.4, -0.2) is 29.6 Å². The van der Waals surface area contributed by atoms with Gasteiger partial charge in [0.25, 0.3) is 0 Å². The van der Waals surface area contributed by atoms with Crippen LogP contribution in [0.2, 0.25) is 5.02 Å². The molecule has 1 aromatic heterocycles. The SMILES string of the molecule is Cc1cc(CCC(=O)NS(=O)(=O)C(F)(F)F)nn1Cc1cc(Cl)ccc1CCC1CCCC1. The van der Waals surface area contributed by atoms with Gasteiger partial charge in [0.15, 0.2) is 0 Å². The molecule has 1 fully saturated rings. The first-order chi connectivity index (χ1) is 15.4. The van der Waals surface area contributed by atoms with Crippen molar-refractivity contribution in [2.45, 2.75) is 70.3 Å². The van der Waals surface area contributed by atoms with Crippen LogP contribution in [0.4, 0.5) is 13.2 Å². The zero-order valence-electron chi connectivity index (χ0n) is 18.3. The van der Waals surface area contributed by atoms with Gasteiger partial charge < -0.3 is 0 Å². The summed E-state index contributed by atoms with van der Waals surface area (Å²) in [7, 11) is -5.70. The molecule has 0 spiro atoms. The molecule has 0 unspecified atom stereocenters. The van der Waals surface area contributed by atoms with Gasteiger partial charge in [-0.1, -0.05) is 43.4 Å². The zero-order valence-corrected chi connectivity index (χ0v) is 19.9. The number of nitrogens with zero attached hydrogens (tertiary/aromatic N) is 2. The maximum Gasteiger partial charge on any atom is 0.516 e. The molecule has 182 valence electrons. The molecule has 0 radical (unpaired) electrons. The van der Waals surface area contributed by atoms with Gasteiger partial charge in [-0.25, -0.2) is 4.72 Å². The minimum atomic E-state index is -5.70. The lowest BCUT2D eigenvalue weighted by atomic mass is 9.95. The molecule has 0 saturated heterocycles. The number of benzene rings is 1. The van der Waals surface area contributed by atoms with Crippen LogP contribution < -0.4 is 4.72 Å². The minimum absolute atomic E-state index is 0.0110. The second kappa shape index (κ2) is 10.5. The number of aromatic nitrogens is 2. The zero-order chi connectivity index (χ0) is 24.2. The van der Waals surface area contributed by atoms with Crippen molar-refractivity contribution in [3.63, 3.8) is 0 Å². The van der Waals surface area contributed by atoms with E-state index in [0.717, 1.165) is 34.7 Å². The molecule has 6 nitrogen and oxygen atoms in total. The number of nitrogens with one attached hydrogen (secondary N) is 1. The number of rotatable bonds is 9. The summed E-state index contributed by atoms with van der Waals surface area (Å²) in [5.41, 5.74) is -1.98. The Hall–Kier alpha value is -2.07. The van der Waals surface area contributed by atoms with Crippen LogP contribution in [0.5, 0.6) is 0 Å². The van der Waals surface area contributed by atoms with Crippen LogP contribution in [0.1, 0.15) is 61.0 Å². The molecule has 1 saturated carbocycles. The summed E-state index contributed by atoms with van der Waals surface area (Å²) in [6, 6.07) is 7.57. The first-order valence-corrected chi connectivity index (χ1v) is 12.7. The van der Waals surface area contributed by atoms with E-state index < -0.39 is 27.9 Å². The first-order valence-electron chi connectivity index (χ1n) is 10.9. The van der Waals surface area contributed by atoms with Crippen LogP contribution in [0.25, 0.3) is 0 Å². The summed E-state index contributed by atoms with van der Waals surface area (Å²) in [6.45, 7) is 2.31. The third-order valence-corrected chi connectivity index (χ3v) is 7.32. The van der Waals surface area contributed by atoms with E-state index in [-0.39, 0.29) is 6.42 Å². The molecule has 0 bridgehead atoms. The third-order valence-electron chi connectivity index (χ3n) is 5.98. The number of aryl methyl sites for hydroxylation is 3. The standard InChI is InChI=1S/C22H27ClF3N3O3S/c1-15-12-20(10-11-21(30)28-33(31,32)22(24,25)26)27-29(15)14-18-13-19(23)9-8-17(18)7-6-16-4-2-3-5-16/h8-9,12-13,16H,2-7,10-11,14H2,1H3,(H,28,30). The van der Waals surface area contributed by atoms with E-state index in [2.05, 4.69) is 5.10 Å². The quantitative estimate of drug-likeness (QED) is 0.525. The Kier molecular flexibility index (Phi) is 8.10. The molecule has 1 N–H and O–H groups in total. The lowest BCUT2D eigenvalue weighted by molar-refractivity contribution is -0.120. The van der Waals surface area contributed by atoms with Gasteiger partial charge in [-0.15, -0.1) is 0 Å². The molecule has 1 aliphatic carbocycles. The number of sulfonamides is 1. The predicted molar refractivity (Wildman–Crippen MR) is 119 cm³/mol. The van der Waals surface area contributed by atoms with Crippen molar-refractivity contribution in [2.75, 3.05) is 0 Å². The van der Waals surface area contributed by atoms with E-state index in [1.54, 1.807) is 10.7 Å². The monoisotopic (exact) mass is 505 g/mol. The fourth-order valence-corrected chi connectivity index (χ4v) is 4.88. The number of carbonyl (C=O) groups is 1. The number of carbonyl (C=O) groups excluding carboxylic acids is 1. The molecular weight excluding hydrogens is 479 g/mol. The summed E-state index contributed by atoms with van der Waals surface area (Å²) in [5.74, 6) is -0.470. The molecule has 33 heavy (non-hydrogen) atoms. The lowest BCUT2D eigenvalue weighted by Gasteiger charge is -2.14. The largest absolute Gasteiger partial charge is 0.516 e. The maximum absolute atomic E-state index is 12.4. The van der Waals surface area contributed by atoms with Gasteiger partial charge in [0.1, 0.15) is 0 Å². The molecule has 1 aliphatic rings. The van der Waals surface area contributed by atoms with Crippen LogP contribution in [0.15, 0.2) is 24.3 Å². The van der Waals surface area contributed by atoms with Gasteiger partial charge in [0, 0.05) is 23.6 Å². The number of hydrogen-bond acceptors (Lipinski definition) is 4. The summed E-state index contributed by atoms with van der Waals surface area (Å²) in [6.07, 6.45) is 6.82. The van der Waals surface area contributed by atoms with Crippen molar-refractivity contribution >= 4 is 27.5 Å². The van der Waals surface area contributed by atoms with Crippen molar-refractivity contribution in [3.8, 4) is 0 Å². The highest BCUT2D eigenvalue weighted by Gasteiger charge is 2.46. The Morgan fingerprint density at radius 2 is 1.88 bits per heavy atom. The third kappa shape index (κ3) is 6.96. The summed E-state index contributed by atoms with van der Waals surface area (Å²) in [4.78, 5) is 11.7. The fraction of sp³-hybridized carbons (Fsp3) is 0.545. The second-order valence-electron chi connectivity index (χ2n) is 8.51. The highest BCUT2D eigenvalue weighted by Crippen LogP contribution is 2.30. The summed E-state index contributed by atoms with van der Waals surface area (Å²) in [5, 5.41) is 5.08. The van der Waals surface area contributed by atoms with E-state index >= 15 is 0 Å². The van der Waals surface area contributed by atoms with Crippen LogP contribution in [0, 0.1) is 12.8 Å². The molecule has 11 heteroatoms. The van der Waals surface area contributed by atoms with Gasteiger partial charge in [0.2, 0.25) is 5.91 Å². The van der Waals surface area contributed by atoms with Crippen molar-refractivity contribution < 1.29 is 26.4 Å². The molecule has 2 aromatic rings. The number of hydrogen-bond donors (Lipinski definition) is 1. The van der Waals surface area contributed by atoms with E-state index in [0.29, 0.717) is 17.3 Å². The normalized spacial score (nSPS) is 15.2. The predicted octanol–water partition coefficient (Wildman–Crippen LogP) is 4.91. The molecule has 1 aromatic carbocycles. The Labute approximate surface area is 196 Å². The number of alkyl halides is 3. The van der Waals surface area contributed by atoms with Gasteiger partial charge in [-0.05, 0) is 55.0 Å². The summed E-state index contributed by atoms with van der Waals surface area (Å²) < 4.78 is 62.1. The van der Waals surface area contributed by atoms with Gasteiger partial charge in [-0.3, -0.25) is 9.48 Å². The Bertz CT molecular complexity index is 1090. The topological polar surface area (TPSA) is 81.1 Å². The van der Waals surface area contributed by atoms with Gasteiger partial charge in [0.05, 0.1) is 12.2 Å². The highest BCUT2D eigenvalue weighted by molar-refractivity contribution is 7.90. The van der Waals surface area contributed by atoms with Crippen molar-refractivity contribution in [3.05, 3.63) is 51.8 Å². The molecular formula is C22H27ClF3N3O3S. The molecule has 1 heterocycles. The molecule has 0 aliphatic heterocycles. The van der Waals surface area contributed by atoms with E-state index in [9.17, 15) is 26.4 Å². The van der Waals surface area contributed by atoms with E-state index in [4.69, 9.17) is 11.6 Å². The maximum atomic E-state index is 12.4. The second-order valence-corrected chi connectivity index (χ2v) is 10.6. The smallest absolute Gasteiger partial charge is 0.274 e. The highest BCUT2D eigenvalue weighted by atomic mass is 35.5. The molecule has 3 rings (SSSR count). The van der Waals surface area contributed by atoms with Gasteiger partial charge in [-0.2, -0.15) is 26.7 Å².